The van der Waals surface area contributed by atoms with Crippen molar-refractivity contribution in [1.29, 1.82) is 0 Å². The Morgan fingerprint density at radius 2 is 2.00 bits per heavy atom. The Morgan fingerprint density at radius 1 is 1.35 bits per heavy atom. The van der Waals surface area contributed by atoms with Crippen LogP contribution in [-0.2, 0) is 4.79 Å². The van der Waals surface area contributed by atoms with Crippen LogP contribution >= 0.6 is 0 Å². The van der Waals surface area contributed by atoms with Gasteiger partial charge in [-0.2, -0.15) is 0 Å². The van der Waals surface area contributed by atoms with Gasteiger partial charge in [-0.3, -0.25) is 14.9 Å². The number of rotatable bonds is 8. The summed E-state index contributed by atoms with van der Waals surface area (Å²) in [5.74, 6) is 1.42. The number of hydrogen-bond acceptors (Lipinski definition) is 5. The van der Waals surface area contributed by atoms with E-state index in [0.29, 0.717) is 17.6 Å². The maximum absolute atomic E-state index is 12.1. The summed E-state index contributed by atoms with van der Waals surface area (Å²) in [6, 6.07) is 4.54. The second-order valence-electron chi connectivity index (χ2n) is 6.15. The number of carbonyl (C=O) groups is 1. The van der Waals surface area contributed by atoms with Gasteiger partial charge in [-0.05, 0) is 49.7 Å². The Bertz CT molecular complexity index is 598. The summed E-state index contributed by atoms with van der Waals surface area (Å²) in [6.45, 7) is -0.219. The first-order valence-electron chi connectivity index (χ1n) is 7.83. The zero-order valence-electron chi connectivity index (χ0n) is 13.0. The summed E-state index contributed by atoms with van der Waals surface area (Å²) in [7, 11) is 1.43. The molecular formula is C16H20N2O5. The van der Waals surface area contributed by atoms with E-state index in [1.165, 1.54) is 44.9 Å². The van der Waals surface area contributed by atoms with Crippen molar-refractivity contribution in [2.24, 2.45) is 11.8 Å². The molecule has 0 aliphatic heterocycles. The van der Waals surface area contributed by atoms with E-state index >= 15 is 0 Å². The smallest absolute Gasteiger partial charge is 0.314 e. The Labute approximate surface area is 134 Å². The molecule has 1 amide bonds. The number of nitro benzene ring substituents is 1. The van der Waals surface area contributed by atoms with Crippen molar-refractivity contribution >= 4 is 11.6 Å². The van der Waals surface area contributed by atoms with Gasteiger partial charge in [0.25, 0.3) is 5.91 Å². The molecule has 1 N–H and O–H groups in total. The molecule has 0 heterocycles. The Kier molecular flexibility index (Phi) is 4.36. The van der Waals surface area contributed by atoms with Gasteiger partial charge in [0.1, 0.15) is 5.75 Å². The number of hydrogen-bond donors (Lipinski definition) is 1. The van der Waals surface area contributed by atoms with E-state index in [4.69, 9.17) is 9.47 Å². The van der Waals surface area contributed by atoms with Crippen molar-refractivity contribution in [3.05, 3.63) is 28.3 Å². The molecule has 3 rings (SSSR count). The SMILES string of the molecule is COc1ccc(OCC(=O)NC(C2CC2)C2CC2)c([N+](=O)[O-])c1. The molecule has 0 unspecified atom stereocenters. The van der Waals surface area contributed by atoms with Crippen LogP contribution in [0.25, 0.3) is 0 Å². The van der Waals surface area contributed by atoms with Crippen LogP contribution in [0.5, 0.6) is 11.5 Å². The molecule has 2 fully saturated rings. The summed E-state index contributed by atoms with van der Waals surface area (Å²) in [6.07, 6.45) is 4.69. The van der Waals surface area contributed by atoms with Crippen LogP contribution in [0.1, 0.15) is 25.7 Å². The molecule has 2 aliphatic carbocycles. The molecule has 1 aromatic rings. The Balaban J connectivity index is 1.58. The average molecular weight is 320 g/mol. The van der Waals surface area contributed by atoms with Crippen LogP contribution in [0.2, 0.25) is 0 Å². The first-order valence-corrected chi connectivity index (χ1v) is 7.83. The van der Waals surface area contributed by atoms with Crippen LogP contribution in [0.15, 0.2) is 18.2 Å². The highest BCUT2D eigenvalue weighted by Gasteiger charge is 2.42. The van der Waals surface area contributed by atoms with Gasteiger partial charge in [-0.15, -0.1) is 0 Å². The zero-order valence-corrected chi connectivity index (χ0v) is 13.0. The normalized spacial score (nSPS) is 17.0. The molecule has 7 nitrogen and oxygen atoms in total. The number of ether oxygens (including phenoxy) is 2. The Morgan fingerprint density at radius 3 is 2.52 bits per heavy atom. The molecule has 23 heavy (non-hydrogen) atoms. The van der Waals surface area contributed by atoms with E-state index in [9.17, 15) is 14.9 Å². The molecule has 1 aromatic carbocycles. The molecule has 0 aromatic heterocycles. The van der Waals surface area contributed by atoms with Crippen LogP contribution in [0.3, 0.4) is 0 Å². The van der Waals surface area contributed by atoms with Crippen LogP contribution in [0.4, 0.5) is 5.69 Å². The summed E-state index contributed by atoms with van der Waals surface area (Å²) in [4.78, 5) is 22.6. The van der Waals surface area contributed by atoms with E-state index in [2.05, 4.69) is 5.32 Å². The summed E-state index contributed by atoms with van der Waals surface area (Å²) < 4.78 is 10.3. The fraction of sp³-hybridized carbons (Fsp3) is 0.562. The van der Waals surface area contributed by atoms with Crippen LogP contribution in [-0.4, -0.2) is 30.6 Å². The number of nitrogens with zero attached hydrogens (tertiary/aromatic N) is 1. The van der Waals surface area contributed by atoms with Crippen molar-refractivity contribution < 1.29 is 19.2 Å². The fourth-order valence-corrected chi connectivity index (χ4v) is 2.79. The highest BCUT2D eigenvalue weighted by atomic mass is 16.6. The fourth-order valence-electron chi connectivity index (χ4n) is 2.79. The van der Waals surface area contributed by atoms with Gasteiger partial charge < -0.3 is 14.8 Å². The van der Waals surface area contributed by atoms with E-state index in [1.807, 2.05) is 0 Å². The second-order valence-corrected chi connectivity index (χ2v) is 6.15. The molecule has 0 bridgehead atoms. The quantitative estimate of drug-likeness (QED) is 0.586. The predicted molar refractivity (Wildman–Crippen MR) is 82.5 cm³/mol. The molecule has 0 saturated heterocycles. The third-order valence-electron chi connectivity index (χ3n) is 4.31. The van der Waals surface area contributed by atoms with Crippen LogP contribution in [0, 0.1) is 22.0 Å². The number of amides is 1. The summed E-state index contributed by atoms with van der Waals surface area (Å²) in [5, 5.41) is 14.1. The third kappa shape index (κ3) is 3.91. The average Bonchev–Trinajstić information content (AvgIpc) is 3.43. The molecule has 2 saturated carbocycles. The van der Waals surface area contributed by atoms with E-state index < -0.39 is 4.92 Å². The molecule has 2 aliphatic rings. The topological polar surface area (TPSA) is 90.7 Å². The lowest BCUT2D eigenvalue weighted by molar-refractivity contribution is -0.385. The summed E-state index contributed by atoms with van der Waals surface area (Å²) >= 11 is 0. The Hall–Kier alpha value is -2.31. The number of methoxy groups -OCH3 is 1. The molecule has 0 radical (unpaired) electrons. The number of carbonyl (C=O) groups excluding carboxylic acids is 1. The van der Waals surface area contributed by atoms with Crippen molar-refractivity contribution in [3.63, 3.8) is 0 Å². The third-order valence-corrected chi connectivity index (χ3v) is 4.31. The zero-order chi connectivity index (χ0) is 16.4. The minimum absolute atomic E-state index is 0.0698. The highest BCUT2D eigenvalue weighted by Crippen LogP contribution is 2.44. The second kappa shape index (κ2) is 6.44. The van der Waals surface area contributed by atoms with Gasteiger partial charge in [0, 0.05) is 6.04 Å². The monoisotopic (exact) mass is 320 g/mol. The largest absolute Gasteiger partial charge is 0.496 e. The van der Waals surface area contributed by atoms with E-state index in [0.717, 1.165) is 0 Å². The van der Waals surface area contributed by atoms with E-state index in [-0.39, 0.29) is 30.0 Å². The number of nitro groups is 1. The maximum atomic E-state index is 12.1. The molecule has 7 heteroatoms. The van der Waals surface area contributed by atoms with Gasteiger partial charge in [0.05, 0.1) is 18.1 Å². The minimum Gasteiger partial charge on any atom is -0.496 e. The van der Waals surface area contributed by atoms with Crippen molar-refractivity contribution in [3.8, 4) is 11.5 Å². The highest BCUT2D eigenvalue weighted by molar-refractivity contribution is 5.78. The van der Waals surface area contributed by atoms with Gasteiger partial charge in [0.15, 0.2) is 12.4 Å². The molecule has 124 valence electrons. The van der Waals surface area contributed by atoms with Crippen molar-refractivity contribution in [2.45, 2.75) is 31.7 Å². The van der Waals surface area contributed by atoms with Crippen molar-refractivity contribution in [2.75, 3.05) is 13.7 Å². The van der Waals surface area contributed by atoms with Crippen LogP contribution < -0.4 is 14.8 Å². The molecule has 0 atom stereocenters. The summed E-state index contributed by atoms with van der Waals surface area (Å²) in [5.41, 5.74) is -0.210. The maximum Gasteiger partial charge on any atom is 0.314 e. The lowest BCUT2D eigenvalue weighted by Crippen LogP contribution is -2.40. The number of nitrogens with one attached hydrogen (secondary N) is 1. The first kappa shape index (κ1) is 15.6. The minimum atomic E-state index is -0.549. The lowest BCUT2D eigenvalue weighted by Gasteiger charge is -2.17. The van der Waals surface area contributed by atoms with Crippen molar-refractivity contribution in [1.82, 2.24) is 5.32 Å². The predicted octanol–water partition coefficient (Wildman–Crippen LogP) is 2.29. The van der Waals surface area contributed by atoms with Gasteiger partial charge in [0.2, 0.25) is 0 Å². The standard InChI is InChI=1S/C16H20N2O5/c1-22-12-6-7-14(13(8-12)18(20)21)23-9-15(19)17-16(10-2-3-10)11-4-5-11/h6-8,10-11,16H,2-5,9H2,1H3,(H,17,19). The first-order chi connectivity index (χ1) is 11.1. The van der Waals surface area contributed by atoms with E-state index in [1.54, 1.807) is 6.07 Å². The number of benzene rings is 1. The molecular weight excluding hydrogens is 300 g/mol. The lowest BCUT2D eigenvalue weighted by atomic mass is 10.1. The molecule has 0 spiro atoms. The van der Waals surface area contributed by atoms with Gasteiger partial charge in [-0.25, -0.2) is 0 Å². The van der Waals surface area contributed by atoms with Gasteiger partial charge in [-0.1, -0.05) is 0 Å². The van der Waals surface area contributed by atoms with Gasteiger partial charge >= 0.3 is 5.69 Å².